The van der Waals surface area contributed by atoms with Crippen molar-refractivity contribution in [1.29, 1.82) is 0 Å². The second-order valence-corrected chi connectivity index (χ2v) is 4.82. The van der Waals surface area contributed by atoms with Crippen LogP contribution in [0.2, 0.25) is 0 Å². The maximum Gasteiger partial charge on any atom is 0.0589 e. The minimum absolute atomic E-state index is 0.288. The lowest BCUT2D eigenvalue weighted by Gasteiger charge is -2.12. The highest BCUT2D eigenvalue weighted by Gasteiger charge is 2.43. The fraction of sp³-hybridized carbons (Fsp3) is 0.500. The maximum absolute atomic E-state index is 4.64. The van der Waals surface area contributed by atoms with E-state index < -0.39 is 0 Å². The minimum atomic E-state index is 0.288. The maximum atomic E-state index is 4.64. The Labute approximate surface area is 103 Å². The zero-order valence-electron chi connectivity index (χ0n) is 9.70. The summed E-state index contributed by atoms with van der Waals surface area (Å²) in [6, 6.07) is 9.02. The number of thiocarbonyl (C=S) groups is 1. The number of rotatable bonds is 5. The van der Waals surface area contributed by atoms with Crippen LogP contribution < -0.4 is 0 Å². The van der Waals surface area contributed by atoms with E-state index in [9.17, 15) is 0 Å². The van der Waals surface area contributed by atoms with Gasteiger partial charge in [0.15, 0.2) is 0 Å². The smallest absolute Gasteiger partial charge is 0.0589 e. The zero-order valence-corrected chi connectivity index (χ0v) is 10.5. The van der Waals surface area contributed by atoms with Crippen LogP contribution in [0.4, 0.5) is 0 Å². The van der Waals surface area contributed by atoms with Gasteiger partial charge in [-0.3, -0.25) is 0 Å². The lowest BCUT2D eigenvalue weighted by molar-refractivity contribution is 0.708. The van der Waals surface area contributed by atoms with Gasteiger partial charge in [0.1, 0.15) is 0 Å². The van der Waals surface area contributed by atoms with Gasteiger partial charge in [-0.1, -0.05) is 37.6 Å². The van der Waals surface area contributed by atoms with Gasteiger partial charge in [-0.25, -0.2) is 4.99 Å². The van der Waals surface area contributed by atoms with Crippen molar-refractivity contribution < 1.29 is 0 Å². The first-order chi connectivity index (χ1) is 7.80. The molecule has 1 nitrogen and oxygen atoms in total. The first kappa shape index (κ1) is 11.5. The Balaban J connectivity index is 2.12. The largest absolute Gasteiger partial charge is 0.232 e. The number of hydrogen-bond donors (Lipinski definition) is 0. The van der Waals surface area contributed by atoms with E-state index in [1.807, 2.05) is 0 Å². The van der Waals surface area contributed by atoms with E-state index in [2.05, 4.69) is 53.6 Å². The van der Waals surface area contributed by atoms with Crippen molar-refractivity contribution in [2.45, 2.75) is 38.0 Å². The van der Waals surface area contributed by atoms with Crippen molar-refractivity contribution in [3.63, 3.8) is 0 Å². The molecule has 1 aromatic rings. The Morgan fingerprint density at radius 3 is 2.50 bits per heavy atom. The number of isothiocyanates is 1. The van der Waals surface area contributed by atoms with Gasteiger partial charge in [0, 0.05) is 5.41 Å². The summed E-state index contributed by atoms with van der Waals surface area (Å²) in [5.41, 5.74) is 3.14. The Kier molecular flexibility index (Phi) is 3.52. The molecule has 0 saturated heterocycles. The Morgan fingerprint density at radius 1 is 1.31 bits per heavy atom. The summed E-state index contributed by atoms with van der Waals surface area (Å²) in [7, 11) is 0. The third-order valence-corrected chi connectivity index (χ3v) is 3.53. The third-order valence-electron chi connectivity index (χ3n) is 3.40. The standard InChI is InChI=1S/C14H17NS/c1-2-3-12-4-6-13(7-5-12)14(8-9-14)10-15-11-16/h4-7H,2-3,8-10H2,1H3. The van der Waals surface area contributed by atoms with E-state index in [0.29, 0.717) is 0 Å². The number of aliphatic imine (C=N–C) groups is 1. The van der Waals surface area contributed by atoms with Crippen LogP contribution in [0.25, 0.3) is 0 Å². The molecule has 0 amide bonds. The minimum Gasteiger partial charge on any atom is -0.232 e. The van der Waals surface area contributed by atoms with Crippen molar-refractivity contribution in [3.05, 3.63) is 35.4 Å². The fourth-order valence-corrected chi connectivity index (χ4v) is 2.25. The number of hydrogen-bond acceptors (Lipinski definition) is 2. The van der Waals surface area contributed by atoms with E-state index in [-0.39, 0.29) is 5.41 Å². The summed E-state index contributed by atoms with van der Waals surface area (Å²) in [4.78, 5) is 4.11. The van der Waals surface area contributed by atoms with Gasteiger partial charge in [-0.2, -0.15) is 0 Å². The number of aryl methyl sites for hydroxylation is 1. The highest BCUT2D eigenvalue weighted by molar-refractivity contribution is 7.78. The average molecular weight is 231 g/mol. The predicted molar refractivity (Wildman–Crippen MR) is 71.2 cm³/mol. The van der Waals surface area contributed by atoms with Gasteiger partial charge in [-0.05, 0) is 42.6 Å². The number of nitrogens with zero attached hydrogens (tertiary/aromatic N) is 1. The van der Waals surface area contributed by atoms with Crippen molar-refractivity contribution in [1.82, 2.24) is 0 Å². The van der Waals surface area contributed by atoms with Crippen LogP contribution in [0.3, 0.4) is 0 Å². The van der Waals surface area contributed by atoms with E-state index in [1.165, 1.54) is 36.8 Å². The molecule has 0 aromatic heterocycles. The summed E-state index contributed by atoms with van der Waals surface area (Å²) in [6.07, 6.45) is 4.85. The van der Waals surface area contributed by atoms with E-state index in [0.717, 1.165) is 6.54 Å². The Morgan fingerprint density at radius 2 is 2.00 bits per heavy atom. The molecule has 1 fully saturated rings. The van der Waals surface area contributed by atoms with E-state index in [1.54, 1.807) is 0 Å². The predicted octanol–water partition coefficient (Wildman–Crippen LogP) is 3.77. The van der Waals surface area contributed by atoms with Gasteiger partial charge in [0.05, 0.1) is 11.7 Å². The second kappa shape index (κ2) is 4.90. The van der Waals surface area contributed by atoms with Gasteiger partial charge < -0.3 is 0 Å². The van der Waals surface area contributed by atoms with Gasteiger partial charge in [-0.15, -0.1) is 0 Å². The molecule has 16 heavy (non-hydrogen) atoms. The van der Waals surface area contributed by atoms with Crippen molar-refractivity contribution in [2.24, 2.45) is 4.99 Å². The van der Waals surface area contributed by atoms with Crippen molar-refractivity contribution in [2.75, 3.05) is 6.54 Å². The first-order valence-electron chi connectivity index (χ1n) is 5.94. The summed E-state index contributed by atoms with van der Waals surface area (Å²) >= 11 is 4.64. The molecule has 2 rings (SSSR count). The molecule has 1 aliphatic carbocycles. The molecule has 1 saturated carbocycles. The summed E-state index contributed by atoms with van der Waals surface area (Å²) in [5.74, 6) is 0. The lowest BCUT2D eigenvalue weighted by atomic mass is 9.94. The Hall–Kier alpha value is -0.980. The third kappa shape index (κ3) is 2.40. The van der Waals surface area contributed by atoms with Gasteiger partial charge in [0.25, 0.3) is 0 Å². The topological polar surface area (TPSA) is 12.4 Å². The van der Waals surface area contributed by atoms with Crippen LogP contribution in [-0.4, -0.2) is 11.7 Å². The highest BCUT2D eigenvalue weighted by atomic mass is 32.1. The molecule has 2 heteroatoms. The molecule has 0 heterocycles. The first-order valence-corrected chi connectivity index (χ1v) is 6.34. The van der Waals surface area contributed by atoms with Crippen molar-refractivity contribution in [3.8, 4) is 0 Å². The average Bonchev–Trinajstić information content (AvgIpc) is 3.09. The van der Waals surface area contributed by atoms with E-state index in [4.69, 9.17) is 0 Å². The van der Waals surface area contributed by atoms with Crippen molar-refractivity contribution >= 4 is 17.4 Å². The summed E-state index contributed by atoms with van der Waals surface area (Å²) in [6.45, 7) is 3.02. The molecule has 1 aromatic carbocycles. The highest BCUT2D eigenvalue weighted by Crippen LogP contribution is 2.48. The zero-order chi connectivity index (χ0) is 11.4. The Bertz CT molecular complexity index is 397. The van der Waals surface area contributed by atoms with Crippen LogP contribution in [0.15, 0.2) is 29.3 Å². The summed E-state index contributed by atoms with van der Waals surface area (Å²) in [5, 5.41) is 2.47. The quantitative estimate of drug-likeness (QED) is 0.555. The van der Waals surface area contributed by atoms with Crippen LogP contribution >= 0.6 is 12.2 Å². The van der Waals surface area contributed by atoms with Gasteiger partial charge >= 0.3 is 0 Å². The molecule has 0 radical (unpaired) electrons. The summed E-state index contributed by atoms with van der Waals surface area (Å²) < 4.78 is 0. The van der Waals surface area contributed by atoms with Crippen LogP contribution in [-0.2, 0) is 11.8 Å². The molecule has 0 aliphatic heterocycles. The molecule has 0 unspecified atom stereocenters. The lowest BCUT2D eigenvalue weighted by Crippen LogP contribution is -2.10. The molecule has 0 bridgehead atoms. The fourth-order valence-electron chi connectivity index (χ4n) is 2.19. The van der Waals surface area contributed by atoms with E-state index >= 15 is 0 Å². The van der Waals surface area contributed by atoms with Gasteiger partial charge in [0.2, 0.25) is 0 Å². The molecule has 84 valence electrons. The molecule has 0 N–H and O–H groups in total. The molecular formula is C14H17NS. The monoisotopic (exact) mass is 231 g/mol. The van der Waals surface area contributed by atoms with Crippen LogP contribution in [0.1, 0.15) is 37.3 Å². The van der Waals surface area contributed by atoms with Crippen LogP contribution in [0.5, 0.6) is 0 Å². The molecule has 0 spiro atoms. The normalized spacial score (nSPS) is 16.6. The molecular weight excluding hydrogens is 214 g/mol. The SMILES string of the molecule is CCCc1ccc(C2(CN=C=S)CC2)cc1. The number of benzene rings is 1. The molecule has 0 atom stereocenters. The molecule has 1 aliphatic rings. The van der Waals surface area contributed by atoms with Crippen LogP contribution in [0, 0.1) is 0 Å². The second-order valence-electron chi connectivity index (χ2n) is 4.63.